The Hall–Kier alpha value is -2.86. The van der Waals surface area contributed by atoms with Crippen LogP contribution in [0.4, 0.5) is 4.79 Å². The molecular formula is C23H27ClN2O4. The van der Waals surface area contributed by atoms with E-state index in [0.717, 1.165) is 12.8 Å². The van der Waals surface area contributed by atoms with Crippen molar-refractivity contribution < 1.29 is 19.1 Å². The first-order valence-electron chi connectivity index (χ1n) is 9.71. The quantitative estimate of drug-likeness (QED) is 0.689. The van der Waals surface area contributed by atoms with Gasteiger partial charge in [-0.05, 0) is 51.7 Å². The average molecular weight is 431 g/mol. The number of amides is 2. The minimum absolute atomic E-state index is 0.00176. The lowest BCUT2D eigenvalue weighted by Crippen LogP contribution is -2.47. The minimum atomic E-state index is -0.585. The molecule has 7 heteroatoms. The van der Waals surface area contributed by atoms with Gasteiger partial charge >= 0.3 is 6.09 Å². The molecule has 0 bridgehead atoms. The van der Waals surface area contributed by atoms with Gasteiger partial charge in [-0.1, -0.05) is 54.1 Å². The Morgan fingerprint density at radius 2 is 1.63 bits per heavy atom. The van der Waals surface area contributed by atoms with Gasteiger partial charge in [0.2, 0.25) is 5.91 Å². The van der Waals surface area contributed by atoms with E-state index >= 15 is 0 Å². The van der Waals surface area contributed by atoms with Crippen LogP contribution < -0.4 is 11.1 Å². The Kier molecular flexibility index (Phi) is 8.00. The third-order valence-electron chi connectivity index (χ3n) is 4.19. The number of nitrogens with two attached hydrogens (primary N) is 1. The van der Waals surface area contributed by atoms with E-state index in [1.54, 1.807) is 57.2 Å². The van der Waals surface area contributed by atoms with Crippen LogP contribution in [0.3, 0.4) is 0 Å². The zero-order valence-corrected chi connectivity index (χ0v) is 18.1. The molecule has 0 radical (unpaired) electrons. The highest BCUT2D eigenvalue weighted by atomic mass is 35.5. The van der Waals surface area contributed by atoms with Gasteiger partial charge in [-0.15, -0.1) is 0 Å². The van der Waals surface area contributed by atoms with Gasteiger partial charge in [0.05, 0.1) is 0 Å². The summed E-state index contributed by atoms with van der Waals surface area (Å²) in [6, 6.07) is 15.6. The van der Waals surface area contributed by atoms with Crippen molar-refractivity contribution in [1.82, 2.24) is 5.32 Å². The van der Waals surface area contributed by atoms with Crippen molar-refractivity contribution in [1.29, 1.82) is 0 Å². The maximum Gasteiger partial charge on any atom is 0.408 e. The number of nitrogens with one attached hydrogen (secondary N) is 1. The fourth-order valence-corrected chi connectivity index (χ4v) is 2.86. The van der Waals surface area contributed by atoms with E-state index in [9.17, 15) is 14.4 Å². The van der Waals surface area contributed by atoms with E-state index in [4.69, 9.17) is 22.1 Å². The summed E-state index contributed by atoms with van der Waals surface area (Å²) in [5.74, 6) is -0.309. The van der Waals surface area contributed by atoms with Gasteiger partial charge in [-0.3, -0.25) is 9.59 Å². The topological polar surface area (TPSA) is 98.5 Å². The Bertz CT molecular complexity index is 890. The number of halogens is 1. The number of rotatable bonds is 5. The molecule has 0 heterocycles. The van der Waals surface area contributed by atoms with E-state index < -0.39 is 23.6 Å². The molecule has 30 heavy (non-hydrogen) atoms. The van der Waals surface area contributed by atoms with Gasteiger partial charge in [0.1, 0.15) is 11.6 Å². The van der Waals surface area contributed by atoms with Crippen molar-refractivity contribution in [3.63, 3.8) is 0 Å². The second-order valence-corrected chi connectivity index (χ2v) is 8.51. The van der Waals surface area contributed by atoms with Crippen LogP contribution in [0.25, 0.3) is 0 Å². The fourth-order valence-electron chi connectivity index (χ4n) is 2.67. The van der Waals surface area contributed by atoms with Gasteiger partial charge in [0, 0.05) is 16.1 Å². The minimum Gasteiger partial charge on any atom is -0.444 e. The first-order chi connectivity index (χ1) is 14.1. The molecule has 0 aromatic heterocycles. The normalized spacial score (nSPS) is 14.0. The molecule has 0 saturated heterocycles. The SMILES string of the molecule is CC(C)(C)OC(=O)NC(C(N)=O)C1CC1.O=C(c1ccccc1)c1cccc(Cl)c1. The molecule has 1 fully saturated rings. The van der Waals surface area contributed by atoms with Crippen molar-refractivity contribution in [2.75, 3.05) is 0 Å². The van der Waals surface area contributed by atoms with Crippen LogP contribution in [0.15, 0.2) is 54.6 Å². The number of carbonyl (C=O) groups is 3. The molecule has 1 saturated carbocycles. The molecule has 2 amide bonds. The summed E-state index contributed by atoms with van der Waals surface area (Å²) in [6.07, 6.45) is 1.28. The predicted molar refractivity (Wildman–Crippen MR) is 116 cm³/mol. The van der Waals surface area contributed by atoms with E-state index in [1.165, 1.54) is 0 Å². The van der Waals surface area contributed by atoms with E-state index in [1.807, 2.05) is 18.2 Å². The second-order valence-electron chi connectivity index (χ2n) is 8.07. The van der Waals surface area contributed by atoms with Gasteiger partial charge in [-0.2, -0.15) is 0 Å². The number of benzene rings is 2. The molecule has 2 aromatic carbocycles. The van der Waals surface area contributed by atoms with Crippen LogP contribution in [0.1, 0.15) is 49.5 Å². The molecule has 1 atom stereocenters. The molecule has 6 nitrogen and oxygen atoms in total. The van der Waals surface area contributed by atoms with Crippen molar-refractivity contribution in [3.05, 3.63) is 70.7 Å². The lowest BCUT2D eigenvalue weighted by atomic mass is 10.0. The monoisotopic (exact) mass is 430 g/mol. The summed E-state index contributed by atoms with van der Waals surface area (Å²) >= 11 is 5.82. The molecule has 3 rings (SSSR count). The Morgan fingerprint density at radius 1 is 1.03 bits per heavy atom. The molecule has 0 spiro atoms. The Morgan fingerprint density at radius 3 is 2.13 bits per heavy atom. The second kappa shape index (κ2) is 10.3. The summed E-state index contributed by atoms with van der Waals surface area (Å²) in [6.45, 7) is 5.30. The van der Waals surface area contributed by atoms with Crippen LogP contribution in [0, 0.1) is 5.92 Å². The first-order valence-corrected chi connectivity index (χ1v) is 10.1. The van der Waals surface area contributed by atoms with Gasteiger partial charge in [0.25, 0.3) is 0 Å². The van der Waals surface area contributed by atoms with Crippen molar-refractivity contribution >= 4 is 29.4 Å². The highest BCUT2D eigenvalue weighted by Crippen LogP contribution is 2.32. The highest BCUT2D eigenvalue weighted by molar-refractivity contribution is 6.31. The van der Waals surface area contributed by atoms with E-state index in [-0.39, 0.29) is 11.7 Å². The van der Waals surface area contributed by atoms with Crippen LogP contribution in [-0.2, 0) is 9.53 Å². The maximum atomic E-state index is 11.9. The number of primary amides is 1. The molecule has 1 aliphatic rings. The van der Waals surface area contributed by atoms with Gasteiger partial charge in [-0.25, -0.2) is 4.79 Å². The zero-order chi connectivity index (χ0) is 22.3. The smallest absolute Gasteiger partial charge is 0.408 e. The van der Waals surface area contributed by atoms with Gasteiger partial charge in [0.15, 0.2) is 5.78 Å². The summed E-state index contributed by atoms with van der Waals surface area (Å²) in [7, 11) is 0. The molecule has 1 unspecified atom stereocenters. The summed E-state index contributed by atoms with van der Waals surface area (Å²) in [5.41, 5.74) is 5.92. The van der Waals surface area contributed by atoms with Crippen LogP contribution in [0.2, 0.25) is 5.02 Å². The largest absolute Gasteiger partial charge is 0.444 e. The number of carbonyl (C=O) groups excluding carboxylic acids is 3. The molecule has 160 valence electrons. The zero-order valence-electron chi connectivity index (χ0n) is 17.4. The maximum absolute atomic E-state index is 11.9. The molecule has 0 aliphatic heterocycles. The summed E-state index contributed by atoms with van der Waals surface area (Å²) < 4.78 is 5.04. The van der Waals surface area contributed by atoms with Crippen LogP contribution in [0.5, 0.6) is 0 Å². The van der Waals surface area contributed by atoms with Crippen LogP contribution in [-0.4, -0.2) is 29.4 Å². The average Bonchev–Trinajstić information content (AvgIpc) is 3.50. The summed E-state index contributed by atoms with van der Waals surface area (Å²) in [5, 5.41) is 3.08. The van der Waals surface area contributed by atoms with Crippen LogP contribution >= 0.6 is 11.6 Å². The third-order valence-corrected chi connectivity index (χ3v) is 4.43. The molecular weight excluding hydrogens is 404 g/mol. The predicted octanol–water partition coefficient (Wildman–Crippen LogP) is 4.35. The molecule has 2 aromatic rings. The van der Waals surface area contributed by atoms with Crippen molar-refractivity contribution in [2.45, 2.75) is 45.3 Å². The number of ether oxygens (including phenoxy) is 1. The molecule has 3 N–H and O–H groups in total. The number of hydrogen-bond donors (Lipinski definition) is 2. The van der Waals surface area contributed by atoms with E-state index in [0.29, 0.717) is 16.1 Å². The number of ketones is 1. The van der Waals surface area contributed by atoms with Gasteiger partial charge < -0.3 is 15.8 Å². The molecule has 1 aliphatic carbocycles. The first kappa shape index (κ1) is 23.4. The lowest BCUT2D eigenvalue weighted by molar-refractivity contribution is -0.120. The highest BCUT2D eigenvalue weighted by Gasteiger charge is 2.36. The fraction of sp³-hybridized carbons (Fsp3) is 0.348. The Balaban J connectivity index is 0.000000214. The number of alkyl carbamates (subject to hydrolysis) is 1. The lowest BCUT2D eigenvalue weighted by Gasteiger charge is -2.22. The number of hydrogen-bond acceptors (Lipinski definition) is 4. The van der Waals surface area contributed by atoms with Crippen molar-refractivity contribution in [3.8, 4) is 0 Å². The standard InChI is InChI=1S/C13H9ClO.C10H18N2O3/c14-12-8-4-7-11(9-12)13(15)10-5-2-1-3-6-10;1-10(2,3)15-9(14)12-7(8(11)13)6-4-5-6/h1-9H;6-7H,4-5H2,1-3H3,(H2,11,13)(H,12,14). The third kappa shape index (κ3) is 7.87. The summed E-state index contributed by atoms with van der Waals surface area (Å²) in [4.78, 5) is 34.3. The Labute approximate surface area is 181 Å². The van der Waals surface area contributed by atoms with E-state index in [2.05, 4.69) is 5.32 Å². The van der Waals surface area contributed by atoms with Crippen molar-refractivity contribution in [2.24, 2.45) is 11.7 Å².